The number of hydrogen-bond acceptors (Lipinski definition) is 4. The summed E-state index contributed by atoms with van der Waals surface area (Å²) in [6, 6.07) is 7.75. The van der Waals surface area contributed by atoms with Gasteiger partial charge in [0.1, 0.15) is 11.4 Å². The van der Waals surface area contributed by atoms with Gasteiger partial charge in [0.05, 0.1) is 23.5 Å². The van der Waals surface area contributed by atoms with Crippen molar-refractivity contribution in [3.05, 3.63) is 65.1 Å². The molecule has 0 amide bonds. The number of pyridine rings is 1. The van der Waals surface area contributed by atoms with Crippen LogP contribution >= 0.6 is 0 Å². The number of anilines is 2. The molecule has 0 aliphatic heterocycles. The summed E-state index contributed by atoms with van der Waals surface area (Å²) in [6.07, 6.45) is 1.71. The van der Waals surface area contributed by atoms with E-state index >= 15 is 0 Å². The highest BCUT2D eigenvalue weighted by molar-refractivity contribution is 6.08. The van der Waals surface area contributed by atoms with Crippen molar-refractivity contribution in [2.24, 2.45) is 0 Å². The number of carbonyl (C=O) groups is 1. The third kappa shape index (κ3) is 3.52. The molecule has 0 radical (unpaired) electrons. The van der Waals surface area contributed by atoms with E-state index in [1.807, 2.05) is 0 Å². The molecule has 1 heterocycles. The summed E-state index contributed by atoms with van der Waals surface area (Å²) in [4.78, 5) is 19.0. The summed E-state index contributed by atoms with van der Waals surface area (Å²) in [7, 11) is 1.68. The van der Waals surface area contributed by atoms with Crippen LogP contribution in [0.2, 0.25) is 0 Å². The van der Waals surface area contributed by atoms with Crippen LogP contribution in [0.1, 0.15) is 41.7 Å². The van der Waals surface area contributed by atoms with Crippen LogP contribution in [-0.2, 0) is 4.74 Å². The zero-order chi connectivity index (χ0) is 20.7. The summed E-state index contributed by atoms with van der Waals surface area (Å²) in [5.41, 5.74) is 1.95. The van der Waals surface area contributed by atoms with E-state index in [-0.39, 0.29) is 29.0 Å². The molecule has 0 bridgehead atoms. The Bertz CT molecular complexity index is 1100. The number of halogens is 3. The molecule has 0 unspecified atom stereocenters. The first-order chi connectivity index (χ1) is 13.9. The highest BCUT2D eigenvalue weighted by Gasteiger charge is 2.34. The maximum atomic E-state index is 14.1. The molecule has 4 nitrogen and oxygen atoms in total. The van der Waals surface area contributed by atoms with Gasteiger partial charge in [-0.3, -0.25) is 4.98 Å². The van der Waals surface area contributed by atoms with Crippen LogP contribution < -0.4 is 4.90 Å². The topological polar surface area (TPSA) is 42.4 Å². The minimum absolute atomic E-state index is 0.0623. The summed E-state index contributed by atoms with van der Waals surface area (Å²) in [6.45, 7) is 1.86. The zero-order valence-corrected chi connectivity index (χ0v) is 16.0. The normalized spacial score (nSPS) is 13.6. The molecule has 29 heavy (non-hydrogen) atoms. The third-order valence-corrected chi connectivity index (χ3v) is 5.02. The molecule has 0 saturated heterocycles. The SMILES string of the molecule is CCOC(=O)c1c(C2CC2)nc2cc(F)c(F)cc2c1N(C)c1ccc(F)cc1. The van der Waals surface area contributed by atoms with Crippen LogP contribution in [0.25, 0.3) is 10.9 Å². The Balaban J connectivity index is 2.04. The number of hydrogen-bond donors (Lipinski definition) is 0. The van der Waals surface area contributed by atoms with Crippen molar-refractivity contribution in [2.75, 3.05) is 18.6 Å². The standard InChI is InChI=1S/C22H19F3N2O2/c1-3-29-22(28)19-20(12-4-5-12)26-18-11-17(25)16(24)10-15(18)21(19)27(2)14-8-6-13(23)7-9-14/h6-12H,3-5H2,1-2H3. The molecule has 0 N–H and O–H groups in total. The lowest BCUT2D eigenvalue weighted by atomic mass is 10.0. The molecule has 1 aliphatic rings. The van der Waals surface area contributed by atoms with E-state index in [2.05, 4.69) is 4.98 Å². The van der Waals surface area contributed by atoms with Crippen molar-refractivity contribution in [1.82, 2.24) is 4.98 Å². The van der Waals surface area contributed by atoms with Gasteiger partial charge in [-0.05, 0) is 50.1 Å². The molecule has 2 aromatic carbocycles. The lowest BCUT2D eigenvalue weighted by Crippen LogP contribution is -2.19. The van der Waals surface area contributed by atoms with E-state index in [0.29, 0.717) is 17.1 Å². The predicted octanol–water partition coefficient (Wildman–Crippen LogP) is 5.47. The monoisotopic (exact) mass is 400 g/mol. The van der Waals surface area contributed by atoms with Crippen LogP contribution in [0.15, 0.2) is 36.4 Å². The van der Waals surface area contributed by atoms with Crippen LogP contribution in [0.3, 0.4) is 0 Å². The molecule has 1 aromatic heterocycles. The lowest BCUT2D eigenvalue weighted by molar-refractivity contribution is 0.0525. The molecule has 0 atom stereocenters. The fraction of sp³-hybridized carbons (Fsp3) is 0.273. The molecule has 1 aliphatic carbocycles. The summed E-state index contributed by atoms with van der Waals surface area (Å²) < 4.78 is 46.7. The highest BCUT2D eigenvalue weighted by atomic mass is 19.2. The smallest absolute Gasteiger partial charge is 0.342 e. The first-order valence-electron chi connectivity index (χ1n) is 9.39. The fourth-order valence-corrected chi connectivity index (χ4v) is 3.46. The molecule has 4 rings (SSSR count). The van der Waals surface area contributed by atoms with Gasteiger partial charge in [0.2, 0.25) is 0 Å². The number of fused-ring (bicyclic) bond motifs is 1. The van der Waals surface area contributed by atoms with Crippen LogP contribution in [0.4, 0.5) is 24.5 Å². The van der Waals surface area contributed by atoms with Gasteiger partial charge < -0.3 is 9.64 Å². The largest absolute Gasteiger partial charge is 0.462 e. The van der Waals surface area contributed by atoms with Gasteiger partial charge in [-0.25, -0.2) is 18.0 Å². The summed E-state index contributed by atoms with van der Waals surface area (Å²) in [5.74, 6) is -2.96. The quantitative estimate of drug-likeness (QED) is 0.533. The van der Waals surface area contributed by atoms with E-state index in [9.17, 15) is 18.0 Å². The van der Waals surface area contributed by atoms with Crippen LogP contribution in [0, 0.1) is 17.5 Å². The molecule has 1 fully saturated rings. The Morgan fingerprint density at radius 2 is 1.79 bits per heavy atom. The first-order valence-corrected chi connectivity index (χ1v) is 9.39. The number of esters is 1. The second-order valence-electron chi connectivity index (χ2n) is 7.03. The number of rotatable bonds is 5. The number of aromatic nitrogens is 1. The van der Waals surface area contributed by atoms with Crippen molar-refractivity contribution in [1.29, 1.82) is 0 Å². The maximum Gasteiger partial charge on any atom is 0.342 e. The zero-order valence-electron chi connectivity index (χ0n) is 16.0. The van der Waals surface area contributed by atoms with E-state index < -0.39 is 23.4 Å². The van der Waals surface area contributed by atoms with Gasteiger partial charge in [0, 0.05) is 30.1 Å². The number of nitrogens with zero attached hydrogens (tertiary/aromatic N) is 2. The van der Waals surface area contributed by atoms with Crippen LogP contribution in [-0.4, -0.2) is 24.6 Å². The average molecular weight is 400 g/mol. The van der Waals surface area contributed by atoms with Gasteiger partial charge in [-0.1, -0.05) is 0 Å². The lowest BCUT2D eigenvalue weighted by Gasteiger charge is -2.25. The number of carbonyl (C=O) groups excluding carboxylic acids is 1. The molecular formula is C22H19F3N2O2. The Hall–Kier alpha value is -3.09. The van der Waals surface area contributed by atoms with Crippen LogP contribution in [0.5, 0.6) is 0 Å². The molecule has 3 aromatic rings. The van der Waals surface area contributed by atoms with Gasteiger partial charge >= 0.3 is 5.97 Å². The highest BCUT2D eigenvalue weighted by Crippen LogP contribution is 2.46. The minimum atomic E-state index is -1.04. The third-order valence-electron chi connectivity index (χ3n) is 5.02. The second kappa shape index (κ2) is 7.39. The van der Waals surface area contributed by atoms with E-state index in [1.54, 1.807) is 31.0 Å². The van der Waals surface area contributed by atoms with E-state index in [0.717, 1.165) is 25.0 Å². The van der Waals surface area contributed by atoms with Crippen molar-refractivity contribution in [3.63, 3.8) is 0 Å². The Labute approximate surface area is 165 Å². The summed E-state index contributed by atoms with van der Waals surface area (Å²) >= 11 is 0. The van der Waals surface area contributed by atoms with Crippen molar-refractivity contribution in [3.8, 4) is 0 Å². The van der Waals surface area contributed by atoms with E-state index in [1.165, 1.54) is 12.1 Å². The summed E-state index contributed by atoms with van der Waals surface area (Å²) in [5, 5.41) is 0.281. The fourth-order valence-electron chi connectivity index (χ4n) is 3.46. The van der Waals surface area contributed by atoms with Gasteiger partial charge in [0.25, 0.3) is 0 Å². The number of benzene rings is 2. The minimum Gasteiger partial charge on any atom is -0.462 e. The molecular weight excluding hydrogens is 381 g/mol. The average Bonchev–Trinajstić information content (AvgIpc) is 3.53. The molecule has 150 valence electrons. The number of ether oxygens (including phenoxy) is 1. The second-order valence-corrected chi connectivity index (χ2v) is 7.03. The van der Waals surface area contributed by atoms with Gasteiger partial charge in [-0.2, -0.15) is 0 Å². The molecule has 0 spiro atoms. The molecule has 1 saturated carbocycles. The van der Waals surface area contributed by atoms with Gasteiger partial charge in [0.15, 0.2) is 11.6 Å². The molecule has 7 heteroatoms. The predicted molar refractivity (Wildman–Crippen MR) is 104 cm³/mol. The van der Waals surface area contributed by atoms with Crippen molar-refractivity contribution < 1.29 is 22.7 Å². The van der Waals surface area contributed by atoms with Crippen molar-refractivity contribution >= 4 is 28.2 Å². The van der Waals surface area contributed by atoms with Crippen molar-refractivity contribution in [2.45, 2.75) is 25.7 Å². The Kier molecular flexibility index (Phi) is 4.90. The van der Waals surface area contributed by atoms with Gasteiger partial charge in [-0.15, -0.1) is 0 Å². The Morgan fingerprint density at radius 3 is 2.41 bits per heavy atom. The Morgan fingerprint density at radius 1 is 1.14 bits per heavy atom. The maximum absolute atomic E-state index is 14.1. The first kappa shape index (κ1) is 19.2. The van der Waals surface area contributed by atoms with E-state index in [4.69, 9.17) is 4.74 Å².